The van der Waals surface area contributed by atoms with Gasteiger partial charge in [-0.1, -0.05) is 6.07 Å². The molecule has 14 heavy (non-hydrogen) atoms. The van der Waals surface area contributed by atoms with Crippen molar-refractivity contribution in [3.8, 4) is 5.75 Å². The molecular formula is C11H11NO2. The molecule has 2 aromatic rings. The number of H-pyrrole nitrogens is 1. The van der Waals surface area contributed by atoms with Crippen molar-refractivity contribution in [1.29, 1.82) is 0 Å². The van der Waals surface area contributed by atoms with Crippen LogP contribution in [0.4, 0.5) is 0 Å². The van der Waals surface area contributed by atoms with E-state index < -0.39 is 0 Å². The number of ether oxygens (including phenoxy) is 2. The number of hydrogen-bond acceptors (Lipinski definition) is 2. The second-order valence-electron chi connectivity index (χ2n) is 3.46. The Bertz CT molecular complexity index is 445. The summed E-state index contributed by atoms with van der Waals surface area (Å²) in [5.41, 5.74) is 1.11. The molecule has 1 N–H and O–H groups in total. The van der Waals surface area contributed by atoms with Gasteiger partial charge in [0, 0.05) is 17.1 Å². The number of hydrogen-bond donors (Lipinski definition) is 1. The van der Waals surface area contributed by atoms with Crippen LogP contribution < -0.4 is 4.74 Å². The fourth-order valence-electron chi connectivity index (χ4n) is 1.53. The van der Waals surface area contributed by atoms with Crippen molar-refractivity contribution >= 4 is 10.9 Å². The van der Waals surface area contributed by atoms with E-state index in [-0.39, 0.29) is 0 Å². The molecule has 1 atom stereocenters. The lowest BCUT2D eigenvalue weighted by atomic mass is 10.2. The highest BCUT2D eigenvalue weighted by Gasteiger charge is 2.23. The van der Waals surface area contributed by atoms with E-state index >= 15 is 0 Å². The zero-order valence-corrected chi connectivity index (χ0v) is 7.69. The Balaban J connectivity index is 1.89. The minimum absolute atomic E-state index is 0.309. The summed E-state index contributed by atoms with van der Waals surface area (Å²) in [6.07, 6.45) is 2.23. The summed E-state index contributed by atoms with van der Waals surface area (Å²) in [5.74, 6) is 0.930. The fraction of sp³-hybridized carbons (Fsp3) is 0.273. The van der Waals surface area contributed by atoms with Gasteiger partial charge in [0.1, 0.15) is 18.5 Å². The van der Waals surface area contributed by atoms with Crippen LogP contribution in [0.2, 0.25) is 0 Å². The van der Waals surface area contributed by atoms with Gasteiger partial charge in [-0.25, -0.2) is 0 Å². The maximum atomic E-state index is 5.66. The summed E-state index contributed by atoms with van der Waals surface area (Å²) in [7, 11) is 0. The molecule has 1 fully saturated rings. The zero-order valence-electron chi connectivity index (χ0n) is 7.69. The van der Waals surface area contributed by atoms with Gasteiger partial charge in [-0.3, -0.25) is 0 Å². The Morgan fingerprint density at radius 3 is 3.21 bits per heavy atom. The molecule has 0 amide bonds. The molecule has 72 valence electrons. The van der Waals surface area contributed by atoms with Crippen LogP contribution in [0.1, 0.15) is 0 Å². The van der Waals surface area contributed by atoms with Crippen molar-refractivity contribution < 1.29 is 9.47 Å². The third-order valence-corrected chi connectivity index (χ3v) is 2.38. The summed E-state index contributed by atoms with van der Waals surface area (Å²) >= 11 is 0. The first-order valence-corrected chi connectivity index (χ1v) is 4.74. The molecule has 1 unspecified atom stereocenters. The lowest BCUT2D eigenvalue weighted by Crippen LogP contribution is -2.03. The molecule has 0 radical (unpaired) electrons. The van der Waals surface area contributed by atoms with Crippen LogP contribution in [0, 0.1) is 0 Å². The maximum absolute atomic E-state index is 5.66. The van der Waals surface area contributed by atoms with Crippen LogP contribution in [0.5, 0.6) is 5.75 Å². The van der Waals surface area contributed by atoms with E-state index in [1.54, 1.807) is 0 Å². The monoisotopic (exact) mass is 189 g/mol. The maximum Gasteiger partial charge on any atom is 0.128 e. The van der Waals surface area contributed by atoms with Gasteiger partial charge in [0.15, 0.2) is 0 Å². The number of benzene rings is 1. The van der Waals surface area contributed by atoms with E-state index in [4.69, 9.17) is 9.47 Å². The molecule has 0 spiro atoms. The number of fused-ring (bicyclic) bond motifs is 1. The predicted octanol–water partition coefficient (Wildman–Crippen LogP) is 1.95. The van der Waals surface area contributed by atoms with Crippen molar-refractivity contribution in [2.24, 2.45) is 0 Å². The molecule has 0 saturated carbocycles. The smallest absolute Gasteiger partial charge is 0.128 e. The molecule has 3 rings (SSSR count). The Kier molecular flexibility index (Phi) is 1.70. The minimum Gasteiger partial charge on any atom is -0.490 e. The minimum atomic E-state index is 0.309. The van der Waals surface area contributed by atoms with E-state index in [1.807, 2.05) is 30.5 Å². The topological polar surface area (TPSA) is 37.5 Å². The third-order valence-electron chi connectivity index (χ3n) is 2.38. The standard InChI is InChI=1S/C11H11NO2/c1-2-10-9(4-5-12-10)11(3-1)14-7-8-6-13-8/h1-5,8,12H,6-7H2. The number of aromatic amines is 1. The molecule has 1 aliphatic rings. The molecule has 1 aromatic heterocycles. The number of rotatable bonds is 3. The van der Waals surface area contributed by atoms with E-state index in [0.717, 1.165) is 23.3 Å². The average Bonchev–Trinajstić information content (AvgIpc) is 2.91. The van der Waals surface area contributed by atoms with Crippen LogP contribution in [0.3, 0.4) is 0 Å². The molecular weight excluding hydrogens is 178 g/mol. The van der Waals surface area contributed by atoms with Crippen LogP contribution in [-0.2, 0) is 4.74 Å². The molecule has 0 bridgehead atoms. The highest BCUT2D eigenvalue weighted by molar-refractivity contribution is 5.85. The van der Waals surface area contributed by atoms with Gasteiger partial charge >= 0.3 is 0 Å². The van der Waals surface area contributed by atoms with Crippen molar-refractivity contribution in [3.63, 3.8) is 0 Å². The number of aromatic nitrogens is 1. The van der Waals surface area contributed by atoms with Gasteiger partial charge in [-0.2, -0.15) is 0 Å². The lowest BCUT2D eigenvalue weighted by Gasteiger charge is -2.04. The summed E-state index contributed by atoms with van der Waals surface area (Å²) in [5, 5.41) is 1.13. The highest BCUT2D eigenvalue weighted by Crippen LogP contribution is 2.25. The first-order chi connectivity index (χ1) is 6.93. The lowest BCUT2D eigenvalue weighted by molar-refractivity contribution is 0.265. The van der Waals surface area contributed by atoms with Crippen LogP contribution >= 0.6 is 0 Å². The van der Waals surface area contributed by atoms with E-state index in [0.29, 0.717) is 12.7 Å². The Morgan fingerprint density at radius 1 is 1.43 bits per heavy atom. The Labute approximate surface area is 81.6 Å². The molecule has 1 aromatic carbocycles. The second kappa shape index (κ2) is 3.03. The summed E-state index contributed by atoms with van der Waals surface area (Å²) in [6, 6.07) is 8.04. The van der Waals surface area contributed by atoms with Gasteiger partial charge in [0.25, 0.3) is 0 Å². The highest BCUT2D eigenvalue weighted by atomic mass is 16.6. The van der Waals surface area contributed by atoms with Crippen LogP contribution in [0.25, 0.3) is 10.9 Å². The summed E-state index contributed by atoms with van der Waals surface area (Å²) in [4.78, 5) is 3.15. The molecule has 3 nitrogen and oxygen atoms in total. The Morgan fingerprint density at radius 2 is 2.36 bits per heavy atom. The SMILES string of the molecule is c1cc(OCC2CO2)c2cc[nH]c2c1. The summed E-state index contributed by atoms with van der Waals surface area (Å²) in [6.45, 7) is 1.49. The quantitative estimate of drug-likeness (QED) is 0.749. The number of nitrogens with one attached hydrogen (secondary N) is 1. The van der Waals surface area contributed by atoms with Gasteiger partial charge in [0.2, 0.25) is 0 Å². The van der Waals surface area contributed by atoms with E-state index in [1.165, 1.54) is 0 Å². The van der Waals surface area contributed by atoms with Gasteiger partial charge in [-0.05, 0) is 18.2 Å². The molecule has 2 heterocycles. The van der Waals surface area contributed by atoms with Crippen molar-refractivity contribution in [1.82, 2.24) is 4.98 Å². The van der Waals surface area contributed by atoms with Crippen LogP contribution in [0.15, 0.2) is 30.5 Å². The first kappa shape index (κ1) is 7.88. The van der Waals surface area contributed by atoms with Crippen molar-refractivity contribution in [2.45, 2.75) is 6.10 Å². The van der Waals surface area contributed by atoms with Gasteiger partial charge in [0.05, 0.1) is 6.61 Å². The largest absolute Gasteiger partial charge is 0.490 e. The third kappa shape index (κ3) is 1.36. The van der Waals surface area contributed by atoms with Gasteiger partial charge in [-0.15, -0.1) is 0 Å². The van der Waals surface area contributed by atoms with E-state index in [2.05, 4.69) is 4.98 Å². The van der Waals surface area contributed by atoms with Gasteiger partial charge < -0.3 is 14.5 Å². The molecule has 0 aliphatic carbocycles. The summed E-state index contributed by atoms with van der Waals surface area (Å²) < 4.78 is 10.7. The normalized spacial score (nSPS) is 19.9. The molecule has 1 aliphatic heterocycles. The van der Waals surface area contributed by atoms with Crippen LogP contribution in [-0.4, -0.2) is 24.3 Å². The number of epoxide rings is 1. The van der Waals surface area contributed by atoms with Crippen molar-refractivity contribution in [3.05, 3.63) is 30.5 Å². The predicted molar refractivity (Wildman–Crippen MR) is 53.5 cm³/mol. The fourth-order valence-corrected chi connectivity index (χ4v) is 1.53. The van der Waals surface area contributed by atoms with E-state index in [9.17, 15) is 0 Å². The molecule has 3 heteroatoms. The second-order valence-corrected chi connectivity index (χ2v) is 3.46. The first-order valence-electron chi connectivity index (χ1n) is 4.74. The zero-order chi connectivity index (χ0) is 9.38. The molecule has 1 saturated heterocycles. The average molecular weight is 189 g/mol. The Hall–Kier alpha value is -1.48. The van der Waals surface area contributed by atoms with Crippen molar-refractivity contribution in [2.75, 3.05) is 13.2 Å².